The van der Waals surface area contributed by atoms with E-state index in [9.17, 15) is 0 Å². The van der Waals surface area contributed by atoms with Crippen LogP contribution in [0.25, 0.3) is 0 Å². The van der Waals surface area contributed by atoms with E-state index in [1.807, 2.05) is 42.5 Å². The van der Waals surface area contributed by atoms with Crippen molar-refractivity contribution in [3.05, 3.63) is 65.2 Å². The Balaban J connectivity index is 1.55. The molecule has 0 atom stereocenters. The van der Waals surface area contributed by atoms with Crippen LogP contribution in [0.1, 0.15) is 18.4 Å². The van der Waals surface area contributed by atoms with Crippen LogP contribution in [0.5, 0.6) is 5.75 Å². The van der Waals surface area contributed by atoms with Gasteiger partial charge in [0.05, 0.1) is 6.61 Å². The molecule has 2 nitrogen and oxygen atoms in total. The fourth-order valence-electron chi connectivity index (χ4n) is 2.89. The normalized spacial score (nSPS) is 16.2. The van der Waals surface area contributed by atoms with E-state index < -0.39 is 0 Å². The smallest absolute Gasteiger partial charge is 0.119 e. The standard InChI is InChI=1S/C18H20ClNO/c19-16-7-4-6-15(12-16)18(13-20-14-18)10-5-11-21-17-8-2-1-3-9-17/h1-4,6-9,12,20H,5,10-11,13-14H2. The van der Waals surface area contributed by atoms with Crippen LogP contribution in [-0.4, -0.2) is 19.7 Å². The topological polar surface area (TPSA) is 21.3 Å². The molecular formula is C18H20ClNO. The number of para-hydroxylation sites is 1. The number of hydrogen-bond acceptors (Lipinski definition) is 2. The van der Waals surface area contributed by atoms with E-state index in [2.05, 4.69) is 17.4 Å². The van der Waals surface area contributed by atoms with Crippen molar-refractivity contribution >= 4 is 11.6 Å². The van der Waals surface area contributed by atoms with Crippen molar-refractivity contribution in [1.29, 1.82) is 0 Å². The van der Waals surface area contributed by atoms with Gasteiger partial charge in [-0.2, -0.15) is 0 Å². The molecule has 0 aromatic heterocycles. The van der Waals surface area contributed by atoms with E-state index >= 15 is 0 Å². The van der Waals surface area contributed by atoms with Crippen LogP contribution in [0, 0.1) is 0 Å². The Morgan fingerprint density at radius 2 is 1.86 bits per heavy atom. The molecule has 1 aliphatic heterocycles. The molecule has 1 heterocycles. The molecule has 3 heteroatoms. The van der Waals surface area contributed by atoms with E-state index in [1.165, 1.54) is 5.56 Å². The third kappa shape index (κ3) is 3.39. The lowest BCUT2D eigenvalue weighted by Gasteiger charge is -2.43. The fraction of sp³-hybridized carbons (Fsp3) is 0.333. The molecule has 0 aliphatic carbocycles. The molecule has 21 heavy (non-hydrogen) atoms. The molecule has 0 saturated carbocycles. The lowest BCUT2D eigenvalue weighted by atomic mass is 9.72. The van der Waals surface area contributed by atoms with Gasteiger partial charge in [0.15, 0.2) is 0 Å². The van der Waals surface area contributed by atoms with Gasteiger partial charge in [0, 0.05) is 23.5 Å². The molecule has 2 aromatic carbocycles. The predicted octanol–water partition coefficient (Wildman–Crippen LogP) is 4.04. The summed E-state index contributed by atoms with van der Waals surface area (Å²) in [7, 11) is 0. The highest BCUT2D eigenvalue weighted by Crippen LogP contribution is 2.34. The van der Waals surface area contributed by atoms with Crippen LogP contribution in [0.15, 0.2) is 54.6 Å². The maximum atomic E-state index is 6.13. The van der Waals surface area contributed by atoms with Gasteiger partial charge in [0.2, 0.25) is 0 Å². The van der Waals surface area contributed by atoms with Crippen LogP contribution in [0.3, 0.4) is 0 Å². The van der Waals surface area contributed by atoms with Crippen LogP contribution >= 0.6 is 11.6 Å². The minimum absolute atomic E-state index is 0.227. The number of halogens is 1. The molecule has 0 radical (unpaired) electrons. The van der Waals surface area contributed by atoms with Gasteiger partial charge in [0.25, 0.3) is 0 Å². The first-order valence-electron chi connectivity index (χ1n) is 7.43. The van der Waals surface area contributed by atoms with E-state index in [1.54, 1.807) is 0 Å². The van der Waals surface area contributed by atoms with Gasteiger partial charge in [-0.1, -0.05) is 41.9 Å². The lowest BCUT2D eigenvalue weighted by Crippen LogP contribution is -2.56. The van der Waals surface area contributed by atoms with E-state index in [4.69, 9.17) is 16.3 Å². The highest BCUT2D eigenvalue weighted by molar-refractivity contribution is 6.30. The first-order chi connectivity index (χ1) is 10.3. The zero-order valence-electron chi connectivity index (χ0n) is 12.0. The maximum absolute atomic E-state index is 6.13. The summed E-state index contributed by atoms with van der Waals surface area (Å²) in [5.41, 5.74) is 1.57. The highest BCUT2D eigenvalue weighted by Gasteiger charge is 2.38. The van der Waals surface area contributed by atoms with E-state index in [-0.39, 0.29) is 5.41 Å². The highest BCUT2D eigenvalue weighted by atomic mass is 35.5. The molecule has 3 rings (SSSR count). The van der Waals surface area contributed by atoms with E-state index in [0.29, 0.717) is 0 Å². The predicted molar refractivity (Wildman–Crippen MR) is 87.2 cm³/mol. The monoisotopic (exact) mass is 301 g/mol. The second-order valence-electron chi connectivity index (χ2n) is 5.66. The molecule has 0 amide bonds. The van der Waals surface area contributed by atoms with Crippen molar-refractivity contribution in [2.45, 2.75) is 18.3 Å². The quantitative estimate of drug-likeness (QED) is 0.813. The summed E-state index contributed by atoms with van der Waals surface area (Å²) in [5, 5.41) is 4.21. The molecule has 110 valence electrons. The number of nitrogens with one attached hydrogen (secondary N) is 1. The molecular weight excluding hydrogens is 282 g/mol. The largest absolute Gasteiger partial charge is 0.494 e. The second-order valence-corrected chi connectivity index (χ2v) is 6.10. The lowest BCUT2D eigenvalue weighted by molar-refractivity contribution is 0.223. The van der Waals surface area contributed by atoms with Crippen molar-refractivity contribution in [1.82, 2.24) is 5.32 Å². The summed E-state index contributed by atoms with van der Waals surface area (Å²) in [6, 6.07) is 18.3. The molecule has 0 spiro atoms. The number of benzene rings is 2. The molecule has 1 aliphatic rings. The first kappa shape index (κ1) is 14.4. The van der Waals surface area contributed by atoms with Crippen molar-refractivity contribution in [2.75, 3.05) is 19.7 Å². The zero-order valence-corrected chi connectivity index (χ0v) is 12.8. The van der Waals surface area contributed by atoms with Crippen LogP contribution in [-0.2, 0) is 5.41 Å². The van der Waals surface area contributed by atoms with E-state index in [0.717, 1.165) is 43.3 Å². The maximum Gasteiger partial charge on any atom is 0.119 e. The van der Waals surface area contributed by atoms with Gasteiger partial charge >= 0.3 is 0 Å². The molecule has 1 fully saturated rings. The fourth-order valence-corrected chi connectivity index (χ4v) is 3.08. The molecule has 2 aromatic rings. The van der Waals surface area contributed by atoms with Crippen molar-refractivity contribution in [3.63, 3.8) is 0 Å². The first-order valence-corrected chi connectivity index (χ1v) is 7.81. The summed E-state index contributed by atoms with van der Waals surface area (Å²) in [6.07, 6.45) is 2.16. The zero-order chi connectivity index (χ0) is 14.5. The Morgan fingerprint density at radius 1 is 1.05 bits per heavy atom. The van der Waals surface area contributed by atoms with Gasteiger partial charge < -0.3 is 10.1 Å². The van der Waals surface area contributed by atoms with Gasteiger partial charge in [-0.25, -0.2) is 0 Å². The number of rotatable bonds is 6. The SMILES string of the molecule is Clc1cccc(C2(CCCOc3ccccc3)CNC2)c1. The molecule has 1 saturated heterocycles. The summed E-state index contributed by atoms with van der Waals surface area (Å²) in [4.78, 5) is 0. The summed E-state index contributed by atoms with van der Waals surface area (Å²) in [5.74, 6) is 0.945. The van der Waals surface area contributed by atoms with Gasteiger partial charge in [-0.15, -0.1) is 0 Å². The second kappa shape index (κ2) is 6.50. The van der Waals surface area contributed by atoms with Gasteiger partial charge in [0.1, 0.15) is 5.75 Å². The van der Waals surface area contributed by atoms with Gasteiger partial charge in [-0.3, -0.25) is 0 Å². The van der Waals surface area contributed by atoms with Crippen LogP contribution in [0.2, 0.25) is 5.02 Å². The molecule has 1 N–H and O–H groups in total. The molecule has 0 bridgehead atoms. The summed E-state index contributed by atoms with van der Waals surface area (Å²) in [6.45, 7) is 2.81. The molecule has 0 unspecified atom stereocenters. The van der Waals surface area contributed by atoms with Gasteiger partial charge in [-0.05, 0) is 42.7 Å². The Morgan fingerprint density at radius 3 is 2.52 bits per heavy atom. The Hall–Kier alpha value is -1.51. The third-order valence-electron chi connectivity index (χ3n) is 4.18. The van der Waals surface area contributed by atoms with Crippen molar-refractivity contribution in [2.24, 2.45) is 0 Å². The minimum atomic E-state index is 0.227. The summed E-state index contributed by atoms with van der Waals surface area (Å²) >= 11 is 6.13. The Kier molecular flexibility index (Phi) is 4.47. The summed E-state index contributed by atoms with van der Waals surface area (Å²) < 4.78 is 5.78. The van der Waals surface area contributed by atoms with Crippen molar-refractivity contribution in [3.8, 4) is 5.75 Å². The minimum Gasteiger partial charge on any atom is -0.494 e. The Bertz CT molecular complexity index is 581. The van der Waals surface area contributed by atoms with Crippen LogP contribution < -0.4 is 10.1 Å². The van der Waals surface area contributed by atoms with Crippen LogP contribution in [0.4, 0.5) is 0 Å². The average Bonchev–Trinajstić information content (AvgIpc) is 2.47. The number of hydrogen-bond donors (Lipinski definition) is 1. The Labute approximate surface area is 131 Å². The average molecular weight is 302 g/mol. The number of ether oxygens (including phenoxy) is 1. The van der Waals surface area contributed by atoms with Crippen molar-refractivity contribution < 1.29 is 4.74 Å². The third-order valence-corrected chi connectivity index (χ3v) is 4.41.